The lowest BCUT2D eigenvalue weighted by Crippen LogP contribution is -1.84. The van der Waals surface area contributed by atoms with E-state index in [-0.39, 0.29) is 0 Å². The van der Waals surface area contributed by atoms with E-state index in [2.05, 4.69) is 15.9 Å². The fourth-order valence-corrected chi connectivity index (χ4v) is 1.02. The van der Waals surface area contributed by atoms with Crippen LogP contribution in [0.5, 0.6) is 0 Å². The van der Waals surface area contributed by atoms with Gasteiger partial charge in [-0.3, -0.25) is 0 Å². The monoisotopic (exact) mass is 207 g/mol. The first-order valence-corrected chi connectivity index (χ1v) is 3.86. The molecule has 0 aliphatic heterocycles. The molecule has 2 nitrogen and oxygen atoms in total. The molecule has 0 N–H and O–H groups in total. The first-order valence-electron chi connectivity index (χ1n) is 2.19. The zero-order chi connectivity index (χ0) is 7.11. The van der Waals surface area contributed by atoms with E-state index >= 15 is 0 Å². The molecule has 0 aromatic rings. The van der Waals surface area contributed by atoms with Crippen molar-refractivity contribution in [1.29, 1.82) is 5.26 Å². The van der Waals surface area contributed by atoms with Crippen LogP contribution >= 0.6 is 27.7 Å². The number of halogens is 1. The van der Waals surface area contributed by atoms with Crippen LogP contribution in [-0.2, 0) is 4.74 Å². The van der Waals surface area contributed by atoms with Crippen LogP contribution < -0.4 is 0 Å². The maximum atomic E-state index is 8.09. The average Bonchev–Trinajstić information content (AvgIpc) is 1.85. The van der Waals surface area contributed by atoms with E-state index < -0.39 is 0 Å². The normalized spacial score (nSPS) is 11.0. The molecule has 0 atom stereocenters. The van der Waals surface area contributed by atoms with Crippen molar-refractivity contribution in [3.63, 3.8) is 0 Å². The third-order valence-electron chi connectivity index (χ3n) is 0.522. The van der Waals surface area contributed by atoms with Crippen molar-refractivity contribution in [3.05, 3.63) is 9.89 Å². The van der Waals surface area contributed by atoms with Gasteiger partial charge in [-0.25, -0.2) is 0 Å². The van der Waals surface area contributed by atoms with Crippen LogP contribution in [0.2, 0.25) is 0 Å². The lowest BCUT2D eigenvalue weighted by molar-refractivity contribution is 0.232. The Labute approximate surface area is 67.0 Å². The van der Waals surface area contributed by atoms with Crippen molar-refractivity contribution >= 4 is 27.7 Å². The third-order valence-corrected chi connectivity index (χ3v) is 1.79. The number of thioether (sulfide) groups is 1. The van der Waals surface area contributed by atoms with Gasteiger partial charge in [0.25, 0.3) is 0 Å². The fourth-order valence-electron chi connectivity index (χ4n) is 0.262. The summed E-state index contributed by atoms with van der Waals surface area (Å²) in [4.78, 5) is 0. The van der Waals surface area contributed by atoms with E-state index in [1.165, 1.54) is 0 Å². The summed E-state index contributed by atoms with van der Waals surface area (Å²) in [5, 5.41) is 11.7. The quantitative estimate of drug-likeness (QED) is 0.665. The van der Waals surface area contributed by atoms with E-state index in [1.54, 1.807) is 12.5 Å². The number of hydrogen-bond acceptors (Lipinski definition) is 3. The van der Waals surface area contributed by atoms with Crippen LogP contribution in [0.25, 0.3) is 0 Å². The number of methoxy groups -OCH3 is 1. The topological polar surface area (TPSA) is 33.0 Å². The molecule has 0 spiro atoms. The minimum Gasteiger partial charge on any atom is -0.379 e. The Morgan fingerprint density at radius 2 is 2.67 bits per heavy atom. The molecule has 0 rings (SSSR count). The number of thiocyanates is 1. The van der Waals surface area contributed by atoms with Crippen LogP contribution in [0.4, 0.5) is 0 Å². The second-order valence-corrected chi connectivity index (χ2v) is 2.88. The molecule has 0 heterocycles. The maximum Gasteiger partial charge on any atom is 0.137 e. The van der Waals surface area contributed by atoms with Gasteiger partial charge < -0.3 is 4.74 Å². The predicted molar refractivity (Wildman–Crippen MR) is 42.1 cm³/mol. The van der Waals surface area contributed by atoms with Crippen molar-refractivity contribution < 1.29 is 4.74 Å². The van der Waals surface area contributed by atoms with Crippen LogP contribution in [-0.4, -0.2) is 13.7 Å². The molecule has 50 valence electrons. The highest BCUT2D eigenvalue weighted by atomic mass is 79.9. The van der Waals surface area contributed by atoms with Crippen molar-refractivity contribution in [1.82, 2.24) is 0 Å². The van der Waals surface area contributed by atoms with Crippen LogP contribution in [0.15, 0.2) is 9.89 Å². The number of rotatable bonds is 3. The number of nitriles is 1. The van der Waals surface area contributed by atoms with Crippen LogP contribution in [0, 0.1) is 10.7 Å². The summed E-state index contributed by atoms with van der Waals surface area (Å²) in [5.41, 5.74) is 0. The summed E-state index contributed by atoms with van der Waals surface area (Å²) in [7, 11) is 1.60. The summed E-state index contributed by atoms with van der Waals surface area (Å²) in [6.07, 6.45) is 0. The van der Waals surface area contributed by atoms with E-state index in [1.807, 2.05) is 5.40 Å². The molecule has 0 aromatic carbocycles. The van der Waals surface area contributed by atoms with Crippen molar-refractivity contribution in [2.45, 2.75) is 0 Å². The molecule has 0 saturated heterocycles. The number of nitrogens with zero attached hydrogens (tertiary/aromatic N) is 1. The van der Waals surface area contributed by atoms with Crippen molar-refractivity contribution in [2.24, 2.45) is 0 Å². The van der Waals surface area contributed by atoms with Gasteiger partial charge in [0.15, 0.2) is 0 Å². The Hall–Kier alpha value is 0.0200. The Morgan fingerprint density at radius 3 is 3.11 bits per heavy atom. The fraction of sp³-hybridized carbons (Fsp3) is 0.400. The molecule has 0 radical (unpaired) electrons. The number of hydrogen-bond donors (Lipinski definition) is 0. The first-order chi connectivity index (χ1) is 4.31. The molecule has 4 heteroatoms. The summed E-state index contributed by atoms with van der Waals surface area (Å²) in [6, 6.07) is 0. The zero-order valence-corrected chi connectivity index (χ0v) is 7.33. The number of ether oxygens (including phenoxy) is 1. The summed E-state index contributed by atoms with van der Waals surface area (Å²) in [5.74, 6) is 0. The van der Waals surface area contributed by atoms with Crippen LogP contribution in [0.3, 0.4) is 0 Å². The second-order valence-electron chi connectivity index (χ2n) is 1.21. The third kappa shape index (κ3) is 5.90. The Kier molecular flexibility index (Phi) is 6.16. The van der Waals surface area contributed by atoms with Gasteiger partial charge in [0.1, 0.15) is 5.40 Å². The van der Waals surface area contributed by atoms with Gasteiger partial charge >= 0.3 is 0 Å². The zero-order valence-electron chi connectivity index (χ0n) is 4.93. The molecule has 0 fully saturated rings. The summed E-state index contributed by atoms with van der Waals surface area (Å²) < 4.78 is 5.65. The van der Waals surface area contributed by atoms with Crippen LogP contribution in [0.1, 0.15) is 0 Å². The van der Waals surface area contributed by atoms with Crippen molar-refractivity contribution in [3.8, 4) is 5.40 Å². The molecular formula is C5H6BrNOS. The SMILES string of the molecule is COC/C(Br)=C\SC#N. The van der Waals surface area contributed by atoms with E-state index in [0.717, 1.165) is 16.2 Å². The Balaban J connectivity index is 3.45. The van der Waals surface area contributed by atoms with Gasteiger partial charge in [-0.05, 0) is 17.2 Å². The molecule has 0 aromatic heterocycles. The van der Waals surface area contributed by atoms with Crippen molar-refractivity contribution in [2.75, 3.05) is 13.7 Å². The van der Waals surface area contributed by atoms with E-state index in [0.29, 0.717) is 6.61 Å². The lowest BCUT2D eigenvalue weighted by Gasteiger charge is -1.91. The van der Waals surface area contributed by atoms with Gasteiger partial charge in [0, 0.05) is 11.6 Å². The van der Waals surface area contributed by atoms with Gasteiger partial charge in [-0.1, -0.05) is 15.9 Å². The van der Waals surface area contributed by atoms with Gasteiger partial charge in [0.05, 0.1) is 6.61 Å². The predicted octanol–water partition coefficient (Wildman–Crippen LogP) is 2.08. The molecule has 0 bridgehead atoms. The minimum absolute atomic E-state index is 0.522. The van der Waals surface area contributed by atoms with Gasteiger partial charge in [0.2, 0.25) is 0 Å². The lowest BCUT2D eigenvalue weighted by atomic mass is 10.7. The maximum absolute atomic E-state index is 8.09. The summed E-state index contributed by atoms with van der Waals surface area (Å²) in [6.45, 7) is 0.522. The Morgan fingerprint density at radius 1 is 2.00 bits per heavy atom. The first kappa shape index (κ1) is 9.02. The Bertz CT molecular complexity index is 140. The molecule has 0 aliphatic carbocycles. The average molecular weight is 208 g/mol. The van der Waals surface area contributed by atoms with Gasteiger partial charge in [-0.2, -0.15) is 5.26 Å². The second kappa shape index (κ2) is 6.14. The van der Waals surface area contributed by atoms with E-state index in [9.17, 15) is 0 Å². The molecule has 0 unspecified atom stereocenters. The smallest absolute Gasteiger partial charge is 0.137 e. The highest BCUT2D eigenvalue weighted by Crippen LogP contribution is 2.10. The minimum atomic E-state index is 0.522. The molecule has 0 aliphatic rings. The highest BCUT2D eigenvalue weighted by Gasteiger charge is 1.87. The standard InChI is InChI=1S/C5H6BrNOS/c1-8-2-5(6)3-9-4-7/h3H,2H2,1H3/b5-3+. The molecule has 0 saturated carbocycles. The van der Waals surface area contributed by atoms with Gasteiger partial charge in [-0.15, -0.1) is 0 Å². The molecule has 9 heavy (non-hydrogen) atoms. The van der Waals surface area contributed by atoms with E-state index in [4.69, 9.17) is 10.00 Å². The molecule has 0 amide bonds. The summed E-state index contributed by atoms with van der Waals surface area (Å²) >= 11 is 4.28. The largest absolute Gasteiger partial charge is 0.379 e. The highest BCUT2D eigenvalue weighted by molar-refractivity contribution is 9.11. The molecular weight excluding hydrogens is 202 g/mol.